The Bertz CT molecular complexity index is 459. The van der Waals surface area contributed by atoms with Crippen molar-refractivity contribution in [2.75, 3.05) is 13.1 Å². The number of pyridine rings is 1. The zero-order valence-electron chi connectivity index (χ0n) is 10.9. The molecule has 1 unspecified atom stereocenters. The van der Waals surface area contributed by atoms with Crippen molar-refractivity contribution < 1.29 is 14.6 Å². The van der Waals surface area contributed by atoms with Crippen LogP contribution in [0.1, 0.15) is 31.1 Å². The maximum absolute atomic E-state index is 12.3. The number of ether oxygens (including phenoxy) is 1. The minimum Gasteiger partial charge on any atom is -0.506 e. The molecule has 0 bridgehead atoms. The molecule has 2 rings (SSSR count). The minimum absolute atomic E-state index is 0.00131. The average Bonchev–Trinajstić information content (AvgIpc) is 2.25. The molecule has 1 aliphatic rings. The van der Waals surface area contributed by atoms with E-state index in [1.165, 1.54) is 18.5 Å². The topological polar surface area (TPSA) is 62.7 Å². The predicted molar refractivity (Wildman–Crippen MR) is 66.4 cm³/mol. The van der Waals surface area contributed by atoms with Gasteiger partial charge < -0.3 is 14.7 Å². The Morgan fingerprint density at radius 3 is 2.89 bits per heavy atom. The van der Waals surface area contributed by atoms with Gasteiger partial charge in [0.05, 0.1) is 23.5 Å². The molecular weight excluding hydrogens is 232 g/mol. The van der Waals surface area contributed by atoms with E-state index in [9.17, 15) is 9.90 Å². The van der Waals surface area contributed by atoms with E-state index in [0.29, 0.717) is 18.7 Å². The van der Waals surface area contributed by atoms with Gasteiger partial charge in [0.25, 0.3) is 5.91 Å². The van der Waals surface area contributed by atoms with E-state index >= 15 is 0 Å². The van der Waals surface area contributed by atoms with Crippen LogP contribution in [0, 0.1) is 0 Å². The number of nitrogens with zero attached hydrogens (tertiary/aromatic N) is 2. The molecule has 1 N–H and O–H groups in total. The van der Waals surface area contributed by atoms with Gasteiger partial charge in [0.15, 0.2) is 0 Å². The second-order valence-corrected chi connectivity index (χ2v) is 5.31. The Balaban J connectivity index is 2.18. The first-order valence-corrected chi connectivity index (χ1v) is 5.98. The van der Waals surface area contributed by atoms with Gasteiger partial charge in [-0.2, -0.15) is 0 Å². The quantitative estimate of drug-likeness (QED) is 0.819. The van der Waals surface area contributed by atoms with Crippen molar-refractivity contribution in [1.82, 2.24) is 9.88 Å². The number of rotatable bonds is 1. The van der Waals surface area contributed by atoms with E-state index in [1.54, 1.807) is 4.90 Å². The first-order valence-electron chi connectivity index (χ1n) is 5.98. The van der Waals surface area contributed by atoms with E-state index in [1.807, 2.05) is 20.8 Å². The van der Waals surface area contributed by atoms with Crippen molar-refractivity contribution in [3.8, 4) is 5.75 Å². The smallest absolute Gasteiger partial charge is 0.255 e. The highest BCUT2D eigenvalue weighted by atomic mass is 16.5. The Kier molecular flexibility index (Phi) is 3.26. The maximum Gasteiger partial charge on any atom is 0.255 e. The third-order valence-electron chi connectivity index (χ3n) is 2.83. The number of hydrogen-bond donors (Lipinski definition) is 1. The van der Waals surface area contributed by atoms with Crippen LogP contribution >= 0.6 is 0 Å². The van der Waals surface area contributed by atoms with Gasteiger partial charge >= 0.3 is 0 Å². The summed E-state index contributed by atoms with van der Waals surface area (Å²) in [5.74, 6) is -0.122. The standard InChI is InChI=1S/C13H18N2O3/c1-9-7-15(8-13(2,3)18-9)12(17)10-4-11(16)6-14-5-10/h4-6,9,16H,7-8H2,1-3H3. The third kappa shape index (κ3) is 2.79. The fraction of sp³-hybridized carbons (Fsp3) is 0.538. The predicted octanol–water partition coefficient (Wildman–Crippen LogP) is 1.43. The molecule has 1 amide bonds. The summed E-state index contributed by atoms with van der Waals surface area (Å²) >= 11 is 0. The summed E-state index contributed by atoms with van der Waals surface area (Å²) in [7, 11) is 0. The number of carbonyl (C=O) groups excluding carboxylic acids is 1. The fourth-order valence-electron chi connectivity index (χ4n) is 2.34. The van der Waals surface area contributed by atoms with Gasteiger partial charge in [-0.1, -0.05) is 0 Å². The third-order valence-corrected chi connectivity index (χ3v) is 2.83. The molecule has 98 valence electrons. The molecule has 2 heterocycles. The first-order chi connectivity index (χ1) is 8.37. The van der Waals surface area contributed by atoms with Gasteiger partial charge in [0.2, 0.25) is 0 Å². The highest BCUT2D eigenvalue weighted by molar-refractivity contribution is 5.94. The second-order valence-electron chi connectivity index (χ2n) is 5.31. The second kappa shape index (κ2) is 4.57. The van der Waals surface area contributed by atoms with Crippen molar-refractivity contribution >= 4 is 5.91 Å². The Morgan fingerprint density at radius 2 is 2.28 bits per heavy atom. The summed E-state index contributed by atoms with van der Waals surface area (Å²) in [4.78, 5) is 17.9. The summed E-state index contributed by atoms with van der Waals surface area (Å²) in [6.07, 6.45) is 2.78. The van der Waals surface area contributed by atoms with Crippen molar-refractivity contribution in [1.29, 1.82) is 0 Å². The van der Waals surface area contributed by atoms with Crippen LogP contribution < -0.4 is 0 Å². The minimum atomic E-state index is -0.350. The molecular formula is C13H18N2O3. The maximum atomic E-state index is 12.3. The van der Waals surface area contributed by atoms with Gasteiger partial charge in [-0.15, -0.1) is 0 Å². The molecule has 18 heavy (non-hydrogen) atoms. The molecule has 0 radical (unpaired) electrons. The van der Waals surface area contributed by atoms with Gasteiger partial charge in [-0.25, -0.2) is 0 Å². The van der Waals surface area contributed by atoms with Crippen LogP contribution in [0.2, 0.25) is 0 Å². The molecule has 1 aromatic heterocycles. The number of amides is 1. The summed E-state index contributed by atoms with van der Waals surface area (Å²) in [6.45, 7) is 6.96. The molecule has 1 saturated heterocycles. The molecule has 1 fully saturated rings. The van der Waals surface area contributed by atoms with Gasteiger partial charge in [-0.3, -0.25) is 9.78 Å². The lowest BCUT2D eigenvalue weighted by atomic mass is 10.0. The molecule has 1 aromatic rings. The van der Waals surface area contributed by atoms with Gasteiger partial charge in [0.1, 0.15) is 5.75 Å². The highest BCUT2D eigenvalue weighted by Crippen LogP contribution is 2.22. The average molecular weight is 250 g/mol. The van der Waals surface area contributed by atoms with Crippen molar-refractivity contribution in [3.05, 3.63) is 24.0 Å². The molecule has 0 saturated carbocycles. The van der Waals surface area contributed by atoms with Gasteiger partial charge in [-0.05, 0) is 26.8 Å². The lowest BCUT2D eigenvalue weighted by Crippen LogP contribution is -2.53. The molecule has 5 nitrogen and oxygen atoms in total. The lowest BCUT2D eigenvalue weighted by molar-refractivity contribution is -0.118. The molecule has 0 spiro atoms. The fourth-order valence-corrected chi connectivity index (χ4v) is 2.34. The van der Waals surface area contributed by atoms with Crippen LogP contribution in [0.5, 0.6) is 5.75 Å². The van der Waals surface area contributed by atoms with Crippen molar-refractivity contribution in [2.24, 2.45) is 0 Å². The van der Waals surface area contributed by atoms with Crippen molar-refractivity contribution in [3.63, 3.8) is 0 Å². The first kappa shape index (κ1) is 12.8. The molecule has 5 heteroatoms. The number of morpholine rings is 1. The van der Waals surface area contributed by atoms with E-state index in [4.69, 9.17) is 4.74 Å². The van der Waals surface area contributed by atoms with Gasteiger partial charge in [0, 0.05) is 19.3 Å². The highest BCUT2D eigenvalue weighted by Gasteiger charge is 2.34. The van der Waals surface area contributed by atoms with Crippen LogP contribution in [-0.2, 0) is 4.74 Å². The molecule has 0 aromatic carbocycles. The lowest BCUT2D eigenvalue weighted by Gasteiger charge is -2.41. The monoisotopic (exact) mass is 250 g/mol. The van der Waals surface area contributed by atoms with E-state index in [2.05, 4.69) is 4.98 Å². The Hall–Kier alpha value is -1.62. The normalized spacial score (nSPS) is 22.8. The van der Waals surface area contributed by atoms with Crippen LogP contribution in [0.25, 0.3) is 0 Å². The number of hydrogen-bond acceptors (Lipinski definition) is 4. The van der Waals surface area contributed by atoms with Crippen molar-refractivity contribution in [2.45, 2.75) is 32.5 Å². The van der Waals surface area contributed by atoms with Crippen LogP contribution in [0.4, 0.5) is 0 Å². The molecule has 1 aliphatic heterocycles. The van der Waals surface area contributed by atoms with E-state index < -0.39 is 0 Å². The molecule has 0 aliphatic carbocycles. The molecule has 1 atom stereocenters. The van der Waals surface area contributed by atoms with Crippen LogP contribution in [-0.4, -0.2) is 45.7 Å². The number of carbonyl (C=O) groups is 1. The van der Waals surface area contributed by atoms with Crippen LogP contribution in [0.15, 0.2) is 18.5 Å². The Labute approximate surface area is 106 Å². The summed E-state index contributed by atoms with van der Waals surface area (Å²) in [5.41, 5.74) is 0.0531. The van der Waals surface area contributed by atoms with E-state index in [0.717, 1.165) is 0 Å². The number of aromatic hydroxyl groups is 1. The Morgan fingerprint density at radius 1 is 1.56 bits per heavy atom. The summed E-state index contributed by atoms with van der Waals surface area (Å²) in [5, 5.41) is 9.36. The number of aromatic nitrogens is 1. The van der Waals surface area contributed by atoms with Crippen LogP contribution in [0.3, 0.4) is 0 Å². The zero-order chi connectivity index (χ0) is 13.3. The zero-order valence-corrected chi connectivity index (χ0v) is 10.9. The SMILES string of the molecule is CC1CN(C(=O)c2cncc(O)c2)CC(C)(C)O1. The summed E-state index contributed by atoms with van der Waals surface area (Å²) < 4.78 is 5.75. The largest absolute Gasteiger partial charge is 0.506 e. The van der Waals surface area contributed by atoms with E-state index in [-0.39, 0.29) is 23.4 Å². The summed E-state index contributed by atoms with van der Waals surface area (Å²) in [6, 6.07) is 1.43.